The normalized spacial score (nSPS) is 19.2. The van der Waals surface area contributed by atoms with Crippen LogP contribution < -0.4 is 10.6 Å². The van der Waals surface area contributed by atoms with Gasteiger partial charge in [-0.2, -0.15) is 0 Å². The van der Waals surface area contributed by atoms with Crippen molar-refractivity contribution in [3.63, 3.8) is 0 Å². The first-order valence-corrected chi connectivity index (χ1v) is 8.38. The second-order valence-electron chi connectivity index (χ2n) is 6.69. The van der Waals surface area contributed by atoms with Crippen molar-refractivity contribution in [1.29, 1.82) is 0 Å². The maximum atomic E-state index is 12.6. The third kappa shape index (κ3) is 2.67. The van der Waals surface area contributed by atoms with Gasteiger partial charge in [0, 0.05) is 39.1 Å². The maximum absolute atomic E-state index is 12.6. The zero-order chi connectivity index (χ0) is 17.6. The topological polar surface area (TPSA) is 123 Å². The van der Waals surface area contributed by atoms with E-state index in [4.69, 9.17) is 5.73 Å². The Balaban J connectivity index is 1.38. The number of likely N-dealkylation sites (tertiary alicyclic amines) is 1. The molecule has 0 radical (unpaired) electrons. The van der Waals surface area contributed by atoms with E-state index in [1.165, 1.54) is 6.33 Å². The fraction of sp³-hybridized carbons (Fsp3) is 0.600. The molecule has 0 atom stereocenters. The first-order chi connectivity index (χ1) is 12.0. The molecule has 10 nitrogen and oxygen atoms in total. The van der Waals surface area contributed by atoms with E-state index in [2.05, 4.69) is 20.3 Å². The predicted molar refractivity (Wildman–Crippen MR) is 88.3 cm³/mol. The zero-order valence-electron chi connectivity index (χ0n) is 14.0. The number of rotatable bonds is 3. The van der Waals surface area contributed by atoms with Gasteiger partial charge < -0.3 is 15.5 Å². The van der Waals surface area contributed by atoms with E-state index >= 15 is 0 Å². The highest BCUT2D eigenvalue weighted by atomic mass is 16.2. The molecule has 2 aromatic rings. The molecule has 2 aliphatic rings. The van der Waals surface area contributed by atoms with Gasteiger partial charge >= 0.3 is 0 Å². The van der Waals surface area contributed by atoms with Crippen LogP contribution in [0.2, 0.25) is 0 Å². The van der Waals surface area contributed by atoms with Crippen LogP contribution in [0.4, 0.5) is 5.82 Å². The molecule has 0 saturated carbocycles. The Hall–Kier alpha value is -2.78. The first-order valence-electron chi connectivity index (χ1n) is 8.38. The number of nitrogens with zero attached hydrogens (tertiary/aromatic N) is 7. The average molecular weight is 344 g/mol. The molecule has 0 aliphatic carbocycles. The third-order valence-electron chi connectivity index (χ3n) is 5.11. The van der Waals surface area contributed by atoms with Crippen molar-refractivity contribution in [2.24, 2.45) is 24.6 Å². The van der Waals surface area contributed by atoms with Crippen molar-refractivity contribution >= 4 is 28.8 Å². The lowest BCUT2D eigenvalue weighted by Crippen LogP contribution is -2.56. The predicted octanol–water partition coefficient (Wildman–Crippen LogP) is -1.08. The summed E-state index contributed by atoms with van der Waals surface area (Å²) in [6, 6.07) is 0. The van der Waals surface area contributed by atoms with E-state index in [1.54, 1.807) is 11.7 Å². The summed E-state index contributed by atoms with van der Waals surface area (Å²) in [7, 11) is 1.78. The number of carbonyl (C=O) groups is 2. The van der Waals surface area contributed by atoms with Gasteiger partial charge in [0.05, 0.1) is 5.92 Å². The van der Waals surface area contributed by atoms with Crippen LogP contribution in [-0.2, 0) is 16.6 Å². The van der Waals surface area contributed by atoms with Gasteiger partial charge in [-0.15, -0.1) is 5.10 Å². The molecule has 0 unspecified atom stereocenters. The first kappa shape index (κ1) is 15.7. The van der Waals surface area contributed by atoms with Crippen molar-refractivity contribution in [3.05, 3.63) is 6.33 Å². The molecule has 2 aliphatic heterocycles. The van der Waals surface area contributed by atoms with Gasteiger partial charge in [0.1, 0.15) is 6.33 Å². The summed E-state index contributed by atoms with van der Waals surface area (Å²) in [5, 5.41) is 8.08. The van der Waals surface area contributed by atoms with Crippen molar-refractivity contribution in [2.75, 3.05) is 31.1 Å². The molecule has 2 N–H and O–H groups in total. The molecule has 4 rings (SSSR count). The summed E-state index contributed by atoms with van der Waals surface area (Å²) < 4.78 is 1.60. The van der Waals surface area contributed by atoms with E-state index in [9.17, 15) is 9.59 Å². The van der Waals surface area contributed by atoms with Crippen LogP contribution in [0.5, 0.6) is 0 Å². The minimum Gasteiger partial charge on any atom is -0.369 e. The monoisotopic (exact) mass is 344 g/mol. The van der Waals surface area contributed by atoms with Crippen molar-refractivity contribution in [3.8, 4) is 0 Å². The zero-order valence-corrected chi connectivity index (χ0v) is 14.0. The van der Waals surface area contributed by atoms with Crippen molar-refractivity contribution < 1.29 is 9.59 Å². The highest BCUT2D eigenvalue weighted by Gasteiger charge is 2.38. The van der Waals surface area contributed by atoms with Crippen molar-refractivity contribution in [1.82, 2.24) is 29.9 Å². The number of carbonyl (C=O) groups excluding carboxylic acids is 2. The van der Waals surface area contributed by atoms with Gasteiger partial charge in [0.25, 0.3) is 0 Å². The van der Waals surface area contributed by atoms with Gasteiger partial charge in [-0.25, -0.2) is 14.6 Å². The summed E-state index contributed by atoms with van der Waals surface area (Å²) in [6.45, 7) is 2.42. The smallest absolute Gasteiger partial charge is 0.229 e. The van der Waals surface area contributed by atoms with Crippen molar-refractivity contribution in [2.45, 2.75) is 12.8 Å². The third-order valence-corrected chi connectivity index (χ3v) is 5.11. The molecule has 2 fully saturated rings. The van der Waals surface area contributed by atoms with Crippen LogP contribution in [0.1, 0.15) is 12.8 Å². The minimum atomic E-state index is -0.265. The molecule has 2 aromatic heterocycles. The number of piperidine rings is 1. The van der Waals surface area contributed by atoms with Crippen LogP contribution in [0.3, 0.4) is 0 Å². The summed E-state index contributed by atoms with van der Waals surface area (Å²) in [5.74, 6) is 0.441. The van der Waals surface area contributed by atoms with Gasteiger partial charge in [-0.05, 0) is 12.8 Å². The Morgan fingerprint density at radius 1 is 1.16 bits per heavy atom. The van der Waals surface area contributed by atoms with Crippen LogP contribution in [-0.4, -0.2) is 67.9 Å². The van der Waals surface area contributed by atoms with Gasteiger partial charge in [0.2, 0.25) is 11.8 Å². The number of amides is 2. The molecule has 132 valence electrons. The summed E-state index contributed by atoms with van der Waals surface area (Å²) in [6.07, 6.45) is 2.80. The number of aryl methyl sites for hydroxylation is 1. The van der Waals surface area contributed by atoms with Crippen LogP contribution in [0.25, 0.3) is 11.2 Å². The minimum absolute atomic E-state index is 0.0492. The highest BCUT2D eigenvalue weighted by molar-refractivity contribution is 5.87. The molecule has 0 spiro atoms. The van der Waals surface area contributed by atoms with Crippen LogP contribution in [0.15, 0.2) is 6.33 Å². The molecule has 10 heteroatoms. The maximum Gasteiger partial charge on any atom is 0.229 e. The van der Waals surface area contributed by atoms with Gasteiger partial charge in [-0.3, -0.25) is 9.59 Å². The number of primary amides is 1. The fourth-order valence-corrected chi connectivity index (χ4v) is 3.52. The average Bonchev–Trinajstić information content (AvgIpc) is 2.96. The lowest BCUT2D eigenvalue weighted by atomic mass is 9.93. The molecule has 2 amide bonds. The number of anilines is 1. The Labute approximate surface area is 144 Å². The summed E-state index contributed by atoms with van der Waals surface area (Å²) in [5.41, 5.74) is 6.67. The van der Waals surface area contributed by atoms with E-state index in [-0.39, 0.29) is 23.7 Å². The number of aromatic nitrogens is 5. The number of hydrogen-bond acceptors (Lipinski definition) is 7. The van der Waals surface area contributed by atoms with Crippen LogP contribution >= 0.6 is 0 Å². The molecular formula is C15H20N8O2. The fourth-order valence-electron chi connectivity index (χ4n) is 3.52. The molecule has 2 saturated heterocycles. The Bertz CT molecular complexity index is 820. The molecule has 0 bridgehead atoms. The van der Waals surface area contributed by atoms with Gasteiger partial charge in [0.15, 0.2) is 17.0 Å². The number of nitrogens with two attached hydrogens (primary N) is 1. The Morgan fingerprint density at radius 3 is 2.56 bits per heavy atom. The lowest BCUT2D eigenvalue weighted by molar-refractivity contribution is -0.139. The van der Waals surface area contributed by atoms with Crippen LogP contribution in [0, 0.1) is 11.8 Å². The van der Waals surface area contributed by atoms with E-state index in [0.29, 0.717) is 50.2 Å². The highest BCUT2D eigenvalue weighted by Crippen LogP contribution is 2.29. The molecule has 0 aromatic carbocycles. The Kier molecular flexibility index (Phi) is 3.74. The lowest BCUT2D eigenvalue weighted by Gasteiger charge is -2.42. The summed E-state index contributed by atoms with van der Waals surface area (Å²) >= 11 is 0. The number of hydrogen-bond donors (Lipinski definition) is 1. The summed E-state index contributed by atoms with van der Waals surface area (Å²) in [4.78, 5) is 36.2. The second kappa shape index (κ2) is 5.94. The standard InChI is InChI=1S/C15H20N8O2/c1-21-13-11(19-20-21)14(18-8-17-13)23-6-10(7-23)15(25)22-4-2-9(3-5-22)12(16)24/h8-10H,2-7H2,1H3,(H2,16,24). The SMILES string of the molecule is Cn1nnc2c(N3CC(C(=O)N4CCC(C(N)=O)CC4)C3)ncnc21. The van der Waals surface area contributed by atoms with E-state index < -0.39 is 0 Å². The molecule has 25 heavy (non-hydrogen) atoms. The Morgan fingerprint density at radius 2 is 1.88 bits per heavy atom. The largest absolute Gasteiger partial charge is 0.369 e. The molecule has 4 heterocycles. The molecular weight excluding hydrogens is 324 g/mol. The van der Waals surface area contributed by atoms with E-state index in [1.807, 2.05) is 9.80 Å². The second-order valence-corrected chi connectivity index (χ2v) is 6.69. The quantitative estimate of drug-likeness (QED) is 0.751. The van der Waals surface area contributed by atoms with E-state index in [0.717, 1.165) is 5.82 Å². The number of fused-ring (bicyclic) bond motifs is 1. The van der Waals surface area contributed by atoms with Gasteiger partial charge in [-0.1, -0.05) is 5.21 Å².